The number of hydrogen-bond donors (Lipinski definition) is 1. The third-order valence-electron chi connectivity index (χ3n) is 2.73. The lowest BCUT2D eigenvalue weighted by Gasteiger charge is -2.05. The highest BCUT2D eigenvalue weighted by Gasteiger charge is 1.98. The summed E-state index contributed by atoms with van der Waals surface area (Å²) < 4.78 is 7.20. The van der Waals surface area contributed by atoms with E-state index in [0.29, 0.717) is 13.2 Å². The van der Waals surface area contributed by atoms with Crippen molar-refractivity contribution in [3.05, 3.63) is 12.4 Å². The van der Waals surface area contributed by atoms with Gasteiger partial charge in [0.15, 0.2) is 0 Å². The molecule has 0 bridgehead atoms. The van der Waals surface area contributed by atoms with Gasteiger partial charge in [-0.2, -0.15) is 0 Å². The fourth-order valence-corrected chi connectivity index (χ4v) is 1.76. The summed E-state index contributed by atoms with van der Waals surface area (Å²) in [7, 11) is 0. The molecule has 1 N–H and O–H groups in total. The Hall–Kier alpha value is -1.38. The van der Waals surface area contributed by atoms with Crippen LogP contribution < -0.4 is 0 Å². The molecule has 0 saturated carbocycles. The van der Waals surface area contributed by atoms with Crippen LogP contribution in [0, 0.1) is 11.8 Å². The van der Waals surface area contributed by atoms with Gasteiger partial charge < -0.3 is 9.84 Å². The first-order valence-corrected chi connectivity index (χ1v) is 6.85. The number of unbranched alkanes of at least 4 members (excludes halogenated alkanes) is 4. The highest BCUT2D eigenvalue weighted by Crippen LogP contribution is 2.04. The van der Waals surface area contributed by atoms with Gasteiger partial charge in [-0.1, -0.05) is 30.4 Å². The number of hydrogen-bond acceptors (Lipinski definition) is 4. The van der Waals surface area contributed by atoms with E-state index in [0.717, 1.165) is 25.8 Å². The molecule has 0 spiro atoms. The fourth-order valence-electron chi connectivity index (χ4n) is 1.76. The first-order chi connectivity index (χ1) is 9.33. The number of rotatable bonds is 10. The van der Waals surface area contributed by atoms with Crippen molar-refractivity contribution in [2.75, 3.05) is 13.2 Å². The van der Waals surface area contributed by atoms with Crippen molar-refractivity contribution in [2.45, 2.75) is 51.7 Å². The molecule has 1 aromatic rings. The molecule has 0 radical (unpaired) electrons. The Bertz CT molecular complexity index is 368. The zero-order chi connectivity index (χ0) is 13.8. The molecule has 0 amide bonds. The molecule has 106 valence electrons. The van der Waals surface area contributed by atoms with Crippen molar-refractivity contribution >= 4 is 0 Å². The van der Waals surface area contributed by atoms with Crippen LogP contribution in [0.5, 0.6) is 0 Å². The second kappa shape index (κ2) is 10.5. The van der Waals surface area contributed by atoms with Gasteiger partial charge >= 0.3 is 0 Å². The van der Waals surface area contributed by atoms with Crippen molar-refractivity contribution in [3.63, 3.8) is 0 Å². The third-order valence-corrected chi connectivity index (χ3v) is 2.73. The molecule has 0 aliphatic rings. The van der Waals surface area contributed by atoms with Crippen LogP contribution in [-0.4, -0.2) is 39.4 Å². The maximum absolute atomic E-state index is 9.30. The van der Waals surface area contributed by atoms with E-state index in [1.807, 2.05) is 10.9 Å². The van der Waals surface area contributed by atoms with Gasteiger partial charge in [0, 0.05) is 19.3 Å². The standard InChI is InChI=1S/C14H23N3O2/c1-2-8-14(18)13-19-12-7-5-3-4-6-10-17-11-9-15-16-17/h9,11,14,18H,3-7,10,12-13H2,1H3. The maximum atomic E-state index is 9.30. The Labute approximate surface area is 115 Å². The monoisotopic (exact) mass is 265 g/mol. The molecule has 0 aliphatic carbocycles. The van der Waals surface area contributed by atoms with E-state index in [4.69, 9.17) is 4.74 Å². The molecule has 1 aromatic heterocycles. The normalized spacial score (nSPS) is 11.9. The van der Waals surface area contributed by atoms with Crippen molar-refractivity contribution in [2.24, 2.45) is 0 Å². The Morgan fingerprint density at radius 1 is 1.26 bits per heavy atom. The third kappa shape index (κ3) is 8.36. The Balaban J connectivity index is 1.82. The quantitative estimate of drug-likeness (QED) is 0.516. The SMILES string of the molecule is CC#CC(O)COCCCCCCCn1ccnn1. The predicted molar refractivity (Wildman–Crippen MR) is 73.4 cm³/mol. The van der Waals surface area contributed by atoms with Crippen LogP contribution in [0.15, 0.2) is 12.4 Å². The van der Waals surface area contributed by atoms with Gasteiger partial charge in [0.2, 0.25) is 0 Å². The van der Waals surface area contributed by atoms with Crippen LogP contribution in [0.1, 0.15) is 39.0 Å². The topological polar surface area (TPSA) is 60.2 Å². The van der Waals surface area contributed by atoms with Gasteiger partial charge in [0.25, 0.3) is 0 Å². The summed E-state index contributed by atoms with van der Waals surface area (Å²) in [6, 6.07) is 0. The second-order valence-corrected chi connectivity index (χ2v) is 4.42. The molecule has 0 aromatic carbocycles. The van der Waals surface area contributed by atoms with E-state index >= 15 is 0 Å². The predicted octanol–water partition coefficient (Wildman–Crippen LogP) is 1.63. The number of nitrogens with zero attached hydrogens (tertiary/aromatic N) is 3. The van der Waals surface area contributed by atoms with Crippen molar-refractivity contribution in [1.82, 2.24) is 15.0 Å². The van der Waals surface area contributed by atoms with E-state index in [1.54, 1.807) is 13.1 Å². The average molecular weight is 265 g/mol. The molecule has 5 nitrogen and oxygen atoms in total. The van der Waals surface area contributed by atoms with Crippen LogP contribution in [-0.2, 0) is 11.3 Å². The second-order valence-electron chi connectivity index (χ2n) is 4.42. The average Bonchev–Trinajstić information content (AvgIpc) is 2.90. The van der Waals surface area contributed by atoms with Crippen molar-refractivity contribution < 1.29 is 9.84 Å². The van der Waals surface area contributed by atoms with Crippen molar-refractivity contribution in [3.8, 4) is 11.8 Å². The van der Waals surface area contributed by atoms with Crippen LogP contribution in [0.2, 0.25) is 0 Å². The van der Waals surface area contributed by atoms with Crippen LogP contribution in [0.3, 0.4) is 0 Å². The number of aliphatic hydroxyl groups is 1. The minimum Gasteiger partial charge on any atom is -0.378 e. The summed E-state index contributed by atoms with van der Waals surface area (Å²) in [4.78, 5) is 0. The first kappa shape index (κ1) is 15.7. The maximum Gasteiger partial charge on any atom is 0.137 e. The van der Waals surface area contributed by atoms with Crippen LogP contribution in [0.25, 0.3) is 0 Å². The molecule has 1 rings (SSSR count). The van der Waals surface area contributed by atoms with Gasteiger partial charge in [-0.15, -0.1) is 11.0 Å². The van der Waals surface area contributed by atoms with Gasteiger partial charge in [-0.05, 0) is 19.8 Å². The van der Waals surface area contributed by atoms with E-state index in [1.165, 1.54) is 12.8 Å². The summed E-state index contributed by atoms with van der Waals surface area (Å²) in [5.74, 6) is 5.31. The number of aromatic nitrogens is 3. The zero-order valence-electron chi connectivity index (χ0n) is 11.6. The van der Waals surface area contributed by atoms with E-state index in [-0.39, 0.29) is 0 Å². The molecule has 19 heavy (non-hydrogen) atoms. The zero-order valence-corrected chi connectivity index (χ0v) is 11.6. The molecule has 0 fully saturated rings. The summed E-state index contributed by atoms with van der Waals surface area (Å²) in [6.07, 6.45) is 8.68. The fraction of sp³-hybridized carbons (Fsp3) is 0.714. The number of ether oxygens (including phenoxy) is 1. The minimum atomic E-state index is -0.646. The van der Waals surface area contributed by atoms with E-state index in [9.17, 15) is 5.11 Å². The molecule has 0 aliphatic heterocycles. The highest BCUT2D eigenvalue weighted by atomic mass is 16.5. The Kier molecular flexibility index (Phi) is 8.69. The summed E-state index contributed by atoms with van der Waals surface area (Å²) in [5, 5.41) is 17.0. The van der Waals surface area contributed by atoms with Crippen LogP contribution in [0.4, 0.5) is 0 Å². The largest absolute Gasteiger partial charge is 0.378 e. The van der Waals surface area contributed by atoms with Gasteiger partial charge in [-0.25, -0.2) is 0 Å². The molecule has 1 unspecified atom stereocenters. The lowest BCUT2D eigenvalue weighted by Crippen LogP contribution is -2.13. The lowest BCUT2D eigenvalue weighted by atomic mass is 10.1. The van der Waals surface area contributed by atoms with Gasteiger partial charge in [-0.3, -0.25) is 4.68 Å². The minimum absolute atomic E-state index is 0.313. The smallest absolute Gasteiger partial charge is 0.137 e. The molecule has 5 heteroatoms. The van der Waals surface area contributed by atoms with Gasteiger partial charge in [0.1, 0.15) is 6.10 Å². The molecular formula is C14H23N3O2. The van der Waals surface area contributed by atoms with Crippen LogP contribution >= 0.6 is 0 Å². The number of aryl methyl sites for hydroxylation is 1. The summed E-state index contributed by atoms with van der Waals surface area (Å²) >= 11 is 0. The lowest BCUT2D eigenvalue weighted by molar-refractivity contribution is 0.0617. The van der Waals surface area contributed by atoms with Crippen molar-refractivity contribution in [1.29, 1.82) is 0 Å². The Morgan fingerprint density at radius 2 is 2.05 bits per heavy atom. The molecular weight excluding hydrogens is 242 g/mol. The van der Waals surface area contributed by atoms with E-state index < -0.39 is 6.10 Å². The van der Waals surface area contributed by atoms with Gasteiger partial charge in [0.05, 0.1) is 12.8 Å². The van der Waals surface area contributed by atoms with E-state index in [2.05, 4.69) is 22.2 Å². The molecule has 1 heterocycles. The highest BCUT2D eigenvalue weighted by molar-refractivity contribution is 5.01. The summed E-state index contributed by atoms with van der Waals surface area (Å²) in [6.45, 7) is 3.67. The Morgan fingerprint density at radius 3 is 2.79 bits per heavy atom. The first-order valence-electron chi connectivity index (χ1n) is 6.85. The number of aliphatic hydroxyl groups excluding tert-OH is 1. The molecule has 1 atom stereocenters. The summed E-state index contributed by atoms with van der Waals surface area (Å²) in [5.41, 5.74) is 0. The molecule has 0 saturated heterocycles.